The molecule has 0 saturated carbocycles. The first-order valence-corrected chi connectivity index (χ1v) is 9.42. The third kappa shape index (κ3) is 4.26. The molecule has 4 rings (SSSR count). The third-order valence-electron chi connectivity index (χ3n) is 4.55. The average molecular weight is 395 g/mol. The zero-order chi connectivity index (χ0) is 19.3. The van der Waals surface area contributed by atoms with Crippen molar-refractivity contribution >= 4 is 23.2 Å². The third-order valence-corrected chi connectivity index (χ3v) is 4.78. The number of halogens is 1. The van der Waals surface area contributed by atoms with Crippen LogP contribution in [0.15, 0.2) is 82.6 Å². The second-order valence-electron chi connectivity index (χ2n) is 6.63. The number of carbonyl (C=O) groups is 1. The summed E-state index contributed by atoms with van der Waals surface area (Å²) in [6.07, 6.45) is 1.92. The molecule has 0 bridgehead atoms. The largest absolute Gasteiger partial charge is 0.459 e. The van der Waals surface area contributed by atoms with Gasteiger partial charge in [-0.25, -0.2) is 0 Å². The Kier molecular flexibility index (Phi) is 5.44. The van der Waals surface area contributed by atoms with Crippen molar-refractivity contribution in [3.05, 3.63) is 94.9 Å². The number of amides is 1. The van der Waals surface area contributed by atoms with Crippen LogP contribution in [-0.2, 0) is 11.4 Å². The van der Waals surface area contributed by atoms with Crippen LogP contribution in [0.2, 0.25) is 5.02 Å². The van der Waals surface area contributed by atoms with Crippen molar-refractivity contribution in [2.24, 2.45) is 5.16 Å². The Bertz CT molecular complexity index is 970. The highest BCUT2D eigenvalue weighted by atomic mass is 35.5. The van der Waals surface area contributed by atoms with Crippen LogP contribution >= 0.6 is 11.6 Å². The summed E-state index contributed by atoms with van der Waals surface area (Å²) >= 11 is 6.10. The van der Waals surface area contributed by atoms with Crippen molar-refractivity contribution < 1.29 is 14.0 Å². The zero-order valence-corrected chi connectivity index (χ0v) is 15.9. The maximum atomic E-state index is 12.9. The lowest BCUT2D eigenvalue weighted by Gasteiger charge is -2.24. The van der Waals surface area contributed by atoms with E-state index in [0.717, 1.165) is 16.8 Å². The van der Waals surface area contributed by atoms with Gasteiger partial charge in [-0.05, 0) is 35.4 Å². The quantitative estimate of drug-likeness (QED) is 0.605. The van der Waals surface area contributed by atoms with Crippen LogP contribution in [-0.4, -0.2) is 29.2 Å². The van der Waals surface area contributed by atoms with E-state index < -0.39 is 0 Å². The minimum absolute atomic E-state index is 0.193. The highest BCUT2D eigenvalue weighted by molar-refractivity contribution is 6.30. The number of carbonyl (C=O) groups excluding carboxylic acids is 1. The van der Waals surface area contributed by atoms with Crippen molar-refractivity contribution in [1.82, 2.24) is 4.90 Å². The first-order chi connectivity index (χ1) is 13.7. The van der Waals surface area contributed by atoms with Gasteiger partial charge in [-0.2, -0.15) is 0 Å². The Labute approximate surface area is 168 Å². The fourth-order valence-corrected chi connectivity index (χ4v) is 3.42. The smallest absolute Gasteiger partial charge is 0.289 e. The molecule has 0 aliphatic carbocycles. The summed E-state index contributed by atoms with van der Waals surface area (Å²) in [7, 11) is 0. The topological polar surface area (TPSA) is 55.0 Å². The van der Waals surface area contributed by atoms with Gasteiger partial charge in [0.2, 0.25) is 0 Å². The van der Waals surface area contributed by atoms with Crippen LogP contribution in [0.25, 0.3) is 0 Å². The summed E-state index contributed by atoms with van der Waals surface area (Å²) < 4.78 is 5.31. The second kappa shape index (κ2) is 8.31. The van der Waals surface area contributed by atoms with E-state index in [0.29, 0.717) is 30.3 Å². The molecule has 0 fully saturated rings. The second-order valence-corrected chi connectivity index (χ2v) is 7.06. The van der Waals surface area contributed by atoms with E-state index >= 15 is 0 Å². The molecule has 2 aromatic carbocycles. The van der Waals surface area contributed by atoms with Gasteiger partial charge < -0.3 is 14.2 Å². The molecule has 1 unspecified atom stereocenters. The van der Waals surface area contributed by atoms with Gasteiger partial charge in [0, 0.05) is 18.0 Å². The van der Waals surface area contributed by atoms with Crippen LogP contribution in [0.5, 0.6) is 0 Å². The minimum atomic E-state index is -0.215. The predicted octanol–water partition coefficient (Wildman–Crippen LogP) is 4.77. The molecule has 0 radical (unpaired) electrons. The summed E-state index contributed by atoms with van der Waals surface area (Å²) in [5.41, 5.74) is 2.86. The van der Waals surface area contributed by atoms with Gasteiger partial charge >= 0.3 is 0 Å². The van der Waals surface area contributed by atoms with Gasteiger partial charge in [0.25, 0.3) is 5.91 Å². The summed E-state index contributed by atoms with van der Waals surface area (Å²) in [6, 6.07) is 20.7. The van der Waals surface area contributed by atoms with Crippen molar-refractivity contribution in [1.29, 1.82) is 0 Å². The van der Waals surface area contributed by atoms with Crippen molar-refractivity contribution in [3.63, 3.8) is 0 Å². The highest BCUT2D eigenvalue weighted by Gasteiger charge is 2.28. The molecule has 0 N–H and O–H groups in total. The summed E-state index contributed by atoms with van der Waals surface area (Å²) in [5.74, 6) is 0.103. The first kappa shape index (κ1) is 18.3. The number of rotatable bonds is 6. The summed E-state index contributed by atoms with van der Waals surface area (Å²) in [4.78, 5) is 20.3. The fraction of sp³-hybridized carbons (Fsp3) is 0.182. The molecule has 28 heavy (non-hydrogen) atoms. The first-order valence-electron chi connectivity index (χ1n) is 9.04. The van der Waals surface area contributed by atoms with E-state index in [4.69, 9.17) is 20.9 Å². The van der Waals surface area contributed by atoms with Gasteiger partial charge in [0.15, 0.2) is 11.9 Å². The van der Waals surface area contributed by atoms with Crippen LogP contribution in [0, 0.1) is 0 Å². The van der Waals surface area contributed by atoms with Crippen molar-refractivity contribution in [2.45, 2.75) is 19.1 Å². The van der Waals surface area contributed by atoms with Crippen LogP contribution in [0.4, 0.5) is 0 Å². The summed E-state index contributed by atoms with van der Waals surface area (Å²) in [6.45, 7) is 0.798. The molecule has 1 aliphatic rings. The molecular formula is C22H19ClN2O3. The number of hydrogen-bond donors (Lipinski definition) is 0. The Morgan fingerprint density at radius 3 is 2.71 bits per heavy atom. The Morgan fingerprint density at radius 2 is 1.96 bits per heavy atom. The molecule has 6 heteroatoms. The molecule has 0 spiro atoms. The average Bonchev–Trinajstić information content (AvgIpc) is 3.40. The molecule has 1 atom stereocenters. The standard InChI is InChI=1S/C22H19ClN2O3/c23-18-9-4-6-16(12-18)14-25(22(26)21-10-5-11-27-21)15-19-13-20(24-28-19)17-7-2-1-3-8-17/h1-12,19H,13-15H2. The number of benzene rings is 2. The molecule has 0 saturated heterocycles. The molecular weight excluding hydrogens is 376 g/mol. The van der Waals surface area contributed by atoms with Gasteiger partial charge in [0.1, 0.15) is 0 Å². The molecule has 1 amide bonds. The summed E-state index contributed by atoms with van der Waals surface area (Å²) in [5, 5.41) is 4.85. The van der Waals surface area contributed by atoms with Crippen LogP contribution < -0.4 is 0 Å². The Morgan fingerprint density at radius 1 is 1.11 bits per heavy atom. The van der Waals surface area contributed by atoms with Gasteiger partial charge in [0.05, 0.1) is 18.5 Å². The van der Waals surface area contributed by atoms with E-state index in [1.54, 1.807) is 17.0 Å². The molecule has 1 aromatic heterocycles. The Hall–Kier alpha value is -3.05. The lowest BCUT2D eigenvalue weighted by molar-refractivity contribution is 0.0387. The number of hydrogen-bond acceptors (Lipinski definition) is 4. The number of oxime groups is 1. The zero-order valence-electron chi connectivity index (χ0n) is 15.1. The molecule has 142 valence electrons. The Balaban J connectivity index is 1.49. The molecule has 2 heterocycles. The maximum Gasteiger partial charge on any atom is 0.289 e. The van der Waals surface area contributed by atoms with E-state index in [-0.39, 0.29) is 12.0 Å². The molecule has 5 nitrogen and oxygen atoms in total. The normalized spacial score (nSPS) is 15.8. The van der Waals surface area contributed by atoms with E-state index in [1.807, 2.05) is 54.6 Å². The fourth-order valence-electron chi connectivity index (χ4n) is 3.20. The van der Waals surface area contributed by atoms with Crippen LogP contribution in [0.3, 0.4) is 0 Å². The lowest BCUT2D eigenvalue weighted by atomic mass is 10.0. The minimum Gasteiger partial charge on any atom is -0.459 e. The van der Waals surface area contributed by atoms with Gasteiger partial charge in [-0.15, -0.1) is 0 Å². The van der Waals surface area contributed by atoms with Crippen LogP contribution in [0.1, 0.15) is 28.1 Å². The maximum absolute atomic E-state index is 12.9. The van der Waals surface area contributed by atoms with Gasteiger partial charge in [-0.1, -0.05) is 59.2 Å². The predicted molar refractivity (Wildman–Crippen MR) is 107 cm³/mol. The van der Waals surface area contributed by atoms with E-state index in [9.17, 15) is 4.79 Å². The molecule has 1 aliphatic heterocycles. The van der Waals surface area contributed by atoms with E-state index in [1.165, 1.54) is 6.26 Å². The highest BCUT2D eigenvalue weighted by Crippen LogP contribution is 2.21. The van der Waals surface area contributed by atoms with Gasteiger partial charge in [-0.3, -0.25) is 4.79 Å². The van der Waals surface area contributed by atoms with Crippen molar-refractivity contribution in [3.8, 4) is 0 Å². The van der Waals surface area contributed by atoms with E-state index in [2.05, 4.69) is 5.16 Å². The number of furan rings is 1. The lowest BCUT2D eigenvalue weighted by Crippen LogP contribution is -2.37. The molecule has 3 aromatic rings. The van der Waals surface area contributed by atoms with Crippen molar-refractivity contribution in [2.75, 3.05) is 6.54 Å². The number of nitrogens with zero attached hydrogens (tertiary/aromatic N) is 2. The monoisotopic (exact) mass is 394 g/mol. The SMILES string of the molecule is O=C(c1ccco1)N(Cc1cccc(Cl)c1)CC1CC(c2ccccc2)=NO1.